The van der Waals surface area contributed by atoms with Crippen molar-refractivity contribution in [1.82, 2.24) is 0 Å². The summed E-state index contributed by atoms with van der Waals surface area (Å²) in [6.45, 7) is 17.8. The minimum Gasteiger partial charge on any atom is -0.569 e. The molecule has 156 valence electrons. The van der Waals surface area contributed by atoms with Crippen LogP contribution in [0.2, 0.25) is 0 Å². The van der Waals surface area contributed by atoms with Crippen molar-refractivity contribution in [2.24, 2.45) is 0 Å². The number of rotatable bonds is 7. The predicted molar refractivity (Wildman–Crippen MR) is 106 cm³/mol. The minimum absolute atomic E-state index is 0. The smallest absolute Gasteiger partial charge is 0.569 e. The molecule has 0 rings (SSSR count). The number of aliphatic hydroxyl groups is 5. The molecule has 0 heterocycles. The predicted octanol–water partition coefficient (Wildman–Crippen LogP) is -8.25. The maximum absolute atomic E-state index is 8.07. The Morgan fingerprint density at radius 3 is 0.714 bits per heavy atom. The number of hydrogen-bond donors (Lipinski definition) is 5. The molecule has 0 spiro atoms. The topological polar surface area (TPSA) is 101 Å². The summed E-state index contributed by atoms with van der Waals surface area (Å²) >= 11 is 0. The normalized spacial score (nSPS) is 6.43. The van der Waals surface area contributed by atoms with Gasteiger partial charge in [-0.2, -0.15) is 19.3 Å². The Kier molecular flexibility index (Phi) is 248. The largest absolute Gasteiger partial charge is 1.00 e. The molecule has 0 unspecified atom stereocenters. The van der Waals surface area contributed by atoms with Gasteiger partial charge < -0.3 is 46.3 Å². The fourth-order valence-corrected chi connectivity index (χ4v) is 0.382. The van der Waals surface area contributed by atoms with Crippen LogP contribution in [0.1, 0.15) is 72.1 Å². The summed E-state index contributed by atoms with van der Waals surface area (Å²) in [5.41, 5.74) is 0. The van der Waals surface area contributed by atoms with Crippen LogP contribution in [0.5, 0.6) is 0 Å². The molecule has 0 saturated carbocycles. The van der Waals surface area contributed by atoms with E-state index in [2.05, 4.69) is 48.7 Å². The Morgan fingerprint density at radius 1 is 0.500 bits per heavy atom. The molecule has 0 saturated heterocycles. The standard InChI is InChI=1S/C4H10O.2C4H9O.C3H7O.C3H8.CH3O.4Na/c3*1-2-3-4-5;1-2-3-4;1-3-2;1-2;;;;/h5H,2-4H2,1H3;2*5H,1-4H2;4H,1-3H2;3H2,1-2H3;2H,1H2;;;;/q;3*-1;;-1;4*+1. The summed E-state index contributed by atoms with van der Waals surface area (Å²) in [7, 11) is 2.25. The van der Waals surface area contributed by atoms with Crippen LogP contribution in [0.4, 0.5) is 0 Å². The van der Waals surface area contributed by atoms with E-state index in [0.717, 1.165) is 38.5 Å². The van der Waals surface area contributed by atoms with E-state index >= 15 is 0 Å². The van der Waals surface area contributed by atoms with E-state index in [1.165, 1.54) is 6.42 Å². The van der Waals surface area contributed by atoms with Crippen molar-refractivity contribution < 1.29 is 144 Å². The molecule has 9 heteroatoms. The van der Waals surface area contributed by atoms with Gasteiger partial charge in [0, 0.05) is 26.4 Å². The zero-order valence-corrected chi connectivity index (χ0v) is 28.5. The SMILES string of the molecule is CCC.CCCCO.[CH2-]CCCO.[CH2-]CCCO.[CH2-]CCO.[CH2-]O.[Na+].[Na+].[Na+].[Na+]. The molecule has 5 N–H and O–H groups in total. The Balaban J connectivity index is -0.0000000172. The zero-order valence-electron chi connectivity index (χ0n) is 20.5. The summed E-state index contributed by atoms with van der Waals surface area (Å²) in [5.74, 6) is 0. The van der Waals surface area contributed by atoms with E-state index in [9.17, 15) is 0 Å². The molecule has 0 atom stereocenters. The van der Waals surface area contributed by atoms with Gasteiger partial charge in [-0.25, -0.2) is 7.11 Å². The van der Waals surface area contributed by atoms with Gasteiger partial charge in [-0.15, -0.1) is 0 Å². The third-order valence-electron chi connectivity index (χ3n) is 1.49. The number of unbranched alkanes of at least 4 members (excludes halogenated alkanes) is 3. The average molecular weight is 447 g/mol. The Hall–Kier alpha value is 3.80. The van der Waals surface area contributed by atoms with Gasteiger partial charge in [0.05, 0.1) is 0 Å². The van der Waals surface area contributed by atoms with Crippen LogP contribution in [0, 0.1) is 27.9 Å². The Morgan fingerprint density at radius 2 is 0.714 bits per heavy atom. The monoisotopic (exact) mass is 446 g/mol. The van der Waals surface area contributed by atoms with Crippen molar-refractivity contribution in [2.75, 3.05) is 26.4 Å². The second kappa shape index (κ2) is 110. The van der Waals surface area contributed by atoms with E-state index in [4.69, 9.17) is 25.5 Å². The third kappa shape index (κ3) is 212. The van der Waals surface area contributed by atoms with Crippen LogP contribution in [-0.2, 0) is 0 Å². The second-order valence-corrected chi connectivity index (χ2v) is 4.22. The zero-order chi connectivity index (χ0) is 20.5. The molecule has 0 radical (unpaired) electrons. The fraction of sp³-hybridized carbons (Fsp3) is 0.789. The van der Waals surface area contributed by atoms with Crippen LogP contribution in [0.25, 0.3) is 0 Å². The van der Waals surface area contributed by atoms with Gasteiger partial charge in [-0.1, -0.05) is 46.5 Å². The Labute approximate surface area is 266 Å². The molecule has 0 aliphatic carbocycles. The molecule has 0 aromatic heterocycles. The number of aliphatic hydroxyl groups excluding tert-OH is 5. The molecule has 0 aromatic carbocycles. The van der Waals surface area contributed by atoms with Crippen molar-refractivity contribution in [3.05, 3.63) is 27.9 Å². The Bertz CT molecular complexity index is 98.1. The van der Waals surface area contributed by atoms with E-state index < -0.39 is 0 Å². The maximum Gasteiger partial charge on any atom is 1.00 e. The van der Waals surface area contributed by atoms with Gasteiger partial charge in [-0.3, -0.25) is 0 Å². The summed E-state index contributed by atoms with van der Waals surface area (Å²) in [6, 6.07) is 0. The van der Waals surface area contributed by atoms with E-state index in [-0.39, 0.29) is 138 Å². The van der Waals surface area contributed by atoms with Gasteiger partial charge >= 0.3 is 118 Å². The summed E-state index contributed by atoms with van der Waals surface area (Å²) in [4.78, 5) is 0. The first-order valence-electron chi connectivity index (χ1n) is 8.70. The average Bonchev–Trinajstić information content (AvgIpc) is 2.61. The molecule has 5 nitrogen and oxygen atoms in total. The van der Waals surface area contributed by atoms with Gasteiger partial charge in [0.25, 0.3) is 0 Å². The molecule has 0 bridgehead atoms. The van der Waals surface area contributed by atoms with Gasteiger partial charge in [0.1, 0.15) is 0 Å². The second-order valence-electron chi connectivity index (χ2n) is 4.22. The van der Waals surface area contributed by atoms with Crippen molar-refractivity contribution in [3.63, 3.8) is 0 Å². The molecule has 0 fully saturated rings. The van der Waals surface area contributed by atoms with Gasteiger partial charge in [0.15, 0.2) is 0 Å². The number of hydrogen-bond acceptors (Lipinski definition) is 5. The summed E-state index contributed by atoms with van der Waals surface area (Å²) in [5, 5.41) is 38.7. The molecule has 28 heavy (non-hydrogen) atoms. The van der Waals surface area contributed by atoms with Gasteiger partial charge in [0.2, 0.25) is 0 Å². The molecule has 0 aromatic rings. The van der Waals surface area contributed by atoms with Crippen LogP contribution in [0.3, 0.4) is 0 Å². The van der Waals surface area contributed by atoms with Crippen molar-refractivity contribution in [2.45, 2.75) is 72.1 Å². The minimum atomic E-state index is 0. The molecular formula is C19H46Na4O5. The van der Waals surface area contributed by atoms with Crippen molar-refractivity contribution >= 4 is 0 Å². The van der Waals surface area contributed by atoms with E-state index in [1.54, 1.807) is 0 Å². The molecule has 0 aliphatic heterocycles. The quantitative estimate of drug-likeness (QED) is 0.198. The van der Waals surface area contributed by atoms with E-state index in [0.29, 0.717) is 13.0 Å². The van der Waals surface area contributed by atoms with Crippen molar-refractivity contribution in [3.8, 4) is 0 Å². The van der Waals surface area contributed by atoms with Crippen LogP contribution < -0.4 is 118 Å². The molecule has 0 amide bonds. The molecule has 0 aliphatic rings. The first-order valence-corrected chi connectivity index (χ1v) is 8.70. The fourth-order valence-electron chi connectivity index (χ4n) is 0.382. The summed E-state index contributed by atoms with van der Waals surface area (Å²) < 4.78 is 0. The van der Waals surface area contributed by atoms with Gasteiger partial charge in [-0.05, 0) is 6.42 Å². The van der Waals surface area contributed by atoms with Crippen LogP contribution >= 0.6 is 0 Å². The van der Waals surface area contributed by atoms with Crippen LogP contribution in [-0.4, -0.2) is 52.0 Å². The van der Waals surface area contributed by atoms with Crippen molar-refractivity contribution in [1.29, 1.82) is 0 Å². The first-order chi connectivity index (χ1) is 11.6. The van der Waals surface area contributed by atoms with Crippen LogP contribution in [0.15, 0.2) is 0 Å². The molecular weight excluding hydrogens is 400 g/mol. The maximum atomic E-state index is 8.07. The summed E-state index contributed by atoms with van der Waals surface area (Å²) in [6.07, 6.45) is 7.27. The first kappa shape index (κ1) is 63.5. The third-order valence-corrected chi connectivity index (χ3v) is 1.49. The van der Waals surface area contributed by atoms with E-state index in [1.807, 2.05) is 0 Å².